The van der Waals surface area contributed by atoms with Crippen LogP contribution in [0.4, 0.5) is 0 Å². The first kappa shape index (κ1) is 13.0. The van der Waals surface area contributed by atoms with E-state index < -0.39 is 9.84 Å². The van der Waals surface area contributed by atoms with Gasteiger partial charge >= 0.3 is 0 Å². The number of sulfone groups is 1. The van der Waals surface area contributed by atoms with Crippen molar-refractivity contribution in [1.29, 1.82) is 0 Å². The molecule has 1 saturated carbocycles. The van der Waals surface area contributed by atoms with E-state index in [4.69, 9.17) is 11.6 Å². The fourth-order valence-electron chi connectivity index (χ4n) is 2.30. The first-order chi connectivity index (χ1) is 6.82. The van der Waals surface area contributed by atoms with Gasteiger partial charge in [0, 0.05) is 23.9 Å². The number of rotatable bonds is 4. The summed E-state index contributed by atoms with van der Waals surface area (Å²) < 4.78 is 23.1. The van der Waals surface area contributed by atoms with Crippen LogP contribution >= 0.6 is 11.6 Å². The van der Waals surface area contributed by atoms with E-state index in [2.05, 4.69) is 6.58 Å². The Morgan fingerprint density at radius 3 is 2.60 bits per heavy atom. The summed E-state index contributed by atoms with van der Waals surface area (Å²) in [4.78, 5) is 1.99. The summed E-state index contributed by atoms with van der Waals surface area (Å²) in [5.74, 6) is 0. The second kappa shape index (κ2) is 4.85. The standard InChI is InChI=1S/C10H18ClNO2S/c1-8(11)7-12(2)9-5-4-6-10(9)15(3,13)14/h9-10H,1,4-7H2,2-3H3/t9-,10-/m0/s1. The van der Waals surface area contributed by atoms with Crippen molar-refractivity contribution >= 4 is 21.4 Å². The molecule has 0 aromatic rings. The van der Waals surface area contributed by atoms with Crippen LogP contribution in [0.3, 0.4) is 0 Å². The molecule has 0 aromatic carbocycles. The molecular weight excluding hydrogens is 234 g/mol. The molecule has 0 saturated heterocycles. The summed E-state index contributed by atoms with van der Waals surface area (Å²) in [5, 5.41) is 0.315. The molecule has 1 aliphatic rings. The molecule has 0 unspecified atom stereocenters. The van der Waals surface area contributed by atoms with Crippen molar-refractivity contribution < 1.29 is 8.42 Å². The Morgan fingerprint density at radius 1 is 1.53 bits per heavy atom. The SMILES string of the molecule is C=C(Cl)CN(C)[C@H]1CCC[C@@H]1S(C)(=O)=O. The van der Waals surface area contributed by atoms with Gasteiger partial charge in [0.1, 0.15) is 0 Å². The van der Waals surface area contributed by atoms with Gasteiger partial charge in [0.05, 0.1) is 5.25 Å². The second-order valence-corrected chi connectivity index (χ2v) is 7.10. The lowest BCUT2D eigenvalue weighted by atomic mass is 10.2. The first-order valence-electron chi connectivity index (χ1n) is 5.04. The lowest BCUT2D eigenvalue weighted by molar-refractivity contribution is 0.270. The maximum absolute atomic E-state index is 11.6. The third-order valence-corrected chi connectivity index (χ3v) is 4.72. The Bertz CT molecular complexity index is 339. The summed E-state index contributed by atoms with van der Waals surface area (Å²) in [6.07, 6.45) is 3.99. The Kier molecular flexibility index (Phi) is 4.20. The molecule has 88 valence electrons. The highest BCUT2D eigenvalue weighted by Crippen LogP contribution is 2.29. The average Bonchev–Trinajstić information content (AvgIpc) is 2.48. The summed E-state index contributed by atoms with van der Waals surface area (Å²) in [7, 11) is -1.04. The van der Waals surface area contributed by atoms with Gasteiger partial charge < -0.3 is 0 Å². The molecule has 0 amide bonds. The predicted molar refractivity (Wildman–Crippen MR) is 63.9 cm³/mol. The molecule has 3 nitrogen and oxygen atoms in total. The van der Waals surface area contributed by atoms with Crippen molar-refractivity contribution in [3.05, 3.63) is 11.6 Å². The fraction of sp³-hybridized carbons (Fsp3) is 0.800. The Labute approximate surface area is 97.0 Å². The smallest absolute Gasteiger partial charge is 0.151 e. The van der Waals surface area contributed by atoms with Crippen LogP contribution in [0.1, 0.15) is 19.3 Å². The van der Waals surface area contributed by atoms with Gasteiger partial charge in [-0.3, -0.25) is 4.90 Å². The maximum Gasteiger partial charge on any atom is 0.151 e. The van der Waals surface area contributed by atoms with E-state index in [9.17, 15) is 8.42 Å². The van der Waals surface area contributed by atoms with E-state index in [1.807, 2.05) is 11.9 Å². The van der Waals surface area contributed by atoms with Crippen LogP contribution in [-0.2, 0) is 9.84 Å². The van der Waals surface area contributed by atoms with Crippen molar-refractivity contribution in [3.63, 3.8) is 0 Å². The Hall–Kier alpha value is -0.0600. The van der Waals surface area contributed by atoms with E-state index >= 15 is 0 Å². The largest absolute Gasteiger partial charge is 0.297 e. The molecule has 0 spiro atoms. The predicted octanol–water partition coefficient (Wildman–Crippen LogP) is 1.64. The normalized spacial score (nSPS) is 27.2. The van der Waals surface area contributed by atoms with Gasteiger partial charge in [-0.25, -0.2) is 8.42 Å². The molecule has 0 aromatic heterocycles. The zero-order valence-electron chi connectivity index (χ0n) is 9.24. The van der Waals surface area contributed by atoms with Crippen molar-refractivity contribution in [1.82, 2.24) is 4.90 Å². The third-order valence-electron chi connectivity index (χ3n) is 2.95. The molecule has 0 N–H and O–H groups in total. The minimum absolute atomic E-state index is 0.0931. The number of hydrogen-bond donors (Lipinski definition) is 0. The van der Waals surface area contributed by atoms with Gasteiger partial charge in [0.25, 0.3) is 0 Å². The molecule has 1 fully saturated rings. The number of likely N-dealkylation sites (N-methyl/N-ethyl adjacent to an activating group) is 1. The summed E-state index contributed by atoms with van der Waals surface area (Å²) >= 11 is 5.73. The maximum atomic E-state index is 11.6. The second-order valence-electron chi connectivity index (χ2n) is 4.30. The monoisotopic (exact) mass is 251 g/mol. The van der Waals surface area contributed by atoms with Crippen molar-refractivity contribution in [2.45, 2.75) is 30.6 Å². The lowest BCUT2D eigenvalue weighted by Crippen LogP contribution is -2.41. The van der Waals surface area contributed by atoms with Crippen LogP contribution in [0, 0.1) is 0 Å². The van der Waals surface area contributed by atoms with E-state index in [1.165, 1.54) is 6.26 Å². The van der Waals surface area contributed by atoms with E-state index in [0.29, 0.717) is 11.6 Å². The average molecular weight is 252 g/mol. The summed E-state index contributed by atoms with van der Waals surface area (Å²) in [5.41, 5.74) is 0. The molecule has 0 bridgehead atoms. The summed E-state index contributed by atoms with van der Waals surface area (Å²) in [6, 6.07) is 0.0931. The zero-order valence-corrected chi connectivity index (χ0v) is 10.8. The minimum Gasteiger partial charge on any atom is -0.297 e. The topological polar surface area (TPSA) is 37.4 Å². The van der Waals surface area contributed by atoms with Crippen LogP contribution in [0.5, 0.6) is 0 Å². The molecule has 1 aliphatic carbocycles. The summed E-state index contributed by atoms with van der Waals surface area (Å²) in [6.45, 7) is 4.18. The van der Waals surface area contributed by atoms with Crippen molar-refractivity contribution in [2.24, 2.45) is 0 Å². The molecule has 0 aliphatic heterocycles. The molecule has 5 heteroatoms. The highest BCUT2D eigenvalue weighted by molar-refractivity contribution is 7.91. The van der Waals surface area contributed by atoms with Crippen LogP contribution < -0.4 is 0 Å². The highest BCUT2D eigenvalue weighted by atomic mass is 35.5. The molecule has 2 atom stereocenters. The lowest BCUT2D eigenvalue weighted by Gasteiger charge is -2.28. The molecule has 0 heterocycles. The number of nitrogens with zero attached hydrogens (tertiary/aromatic N) is 1. The fourth-order valence-corrected chi connectivity index (χ4v) is 4.00. The van der Waals surface area contributed by atoms with Crippen molar-refractivity contribution in [2.75, 3.05) is 19.8 Å². The highest BCUT2D eigenvalue weighted by Gasteiger charge is 2.36. The first-order valence-corrected chi connectivity index (χ1v) is 7.38. The van der Waals surface area contributed by atoms with E-state index in [1.54, 1.807) is 0 Å². The van der Waals surface area contributed by atoms with Crippen LogP contribution in [-0.4, -0.2) is 44.5 Å². The molecule has 0 radical (unpaired) electrons. The minimum atomic E-state index is -2.95. The van der Waals surface area contributed by atoms with Gasteiger partial charge in [0.2, 0.25) is 0 Å². The number of halogens is 1. The molecule has 15 heavy (non-hydrogen) atoms. The van der Waals surface area contributed by atoms with Gasteiger partial charge in [-0.05, 0) is 19.9 Å². The Balaban J connectivity index is 2.72. The van der Waals surface area contributed by atoms with Crippen molar-refractivity contribution in [3.8, 4) is 0 Å². The van der Waals surface area contributed by atoms with Gasteiger partial charge in [-0.1, -0.05) is 24.6 Å². The molecular formula is C10H18ClNO2S. The molecule has 1 rings (SSSR count). The van der Waals surface area contributed by atoms with E-state index in [0.717, 1.165) is 19.3 Å². The Morgan fingerprint density at radius 2 is 2.13 bits per heavy atom. The third kappa shape index (κ3) is 3.47. The van der Waals surface area contributed by atoms with Crippen LogP contribution in [0.25, 0.3) is 0 Å². The zero-order chi connectivity index (χ0) is 11.6. The quantitative estimate of drug-likeness (QED) is 0.762. The van der Waals surface area contributed by atoms with Gasteiger partial charge in [-0.2, -0.15) is 0 Å². The van der Waals surface area contributed by atoms with Gasteiger partial charge in [-0.15, -0.1) is 0 Å². The van der Waals surface area contributed by atoms with Crippen LogP contribution in [0.15, 0.2) is 11.6 Å². The van der Waals surface area contributed by atoms with Gasteiger partial charge in [0.15, 0.2) is 9.84 Å². The number of hydrogen-bond acceptors (Lipinski definition) is 3. The van der Waals surface area contributed by atoms with E-state index in [-0.39, 0.29) is 11.3 Å². The van der Waals surface area contributed by atoms with Crippen LogP contribution in [0.2, 0.25) is 0 Å².